The predicted molar refractivity (Wildman–Crippen MR) is 96.8 cm³/mol. The highest BCUT2D eigenvalue weighted by atomic mass is 16.4. The molecule has 2 aromatic rings. The van der Waals surface area contributed by atoms with Crippen LogP contribution >= 0.6 is 0 Å². The van der Waals surface area contributed by atoms with Crippen LogP contribution in [0.5, 0.6) is 0 Å². The molecule has 1 amide bonds. The Morgan fingerprint density at radius 3 is 2.26 bits per heavy atom. The van der Waals surface area contributed by atoms with Crippen LogP contribution in [0.25, 0.3) is 0 Å². The molecule has 0 bridgehead atoms. The normalized spacial score (nSPS) is 12.4. The van der Waals surface area contributed by atoms with Gasteiger partial charge in [-0.15, -0.1) is 0 Å². The minimum Gasteiger partial charge on any atom is -0.473 e. The van der Waals surface area contributed by atoms with E-state index in [0.29, 0.717) is 13.1 Å². The summed E-state index contributed by atoms with van der Waals surface area (Å²) < 4.78 is 0. The van der Waals surface area contributed by atoms with Crippen molar-refractivity contribution in [2.75, 3.05) is 13.1 Å². The highest BCUT2D eigenvalue weighted by Gasteiger charge is 2.19. The summed E-state index contributed by atoms with van der Waals surface area (Å²) in [7, 11) is 0. The van der Waals surface area contributed by atoms with Gasteiger partial charge in [0.15, 0.2) is 0 Å². The van der Waals surface area contributed by atoms with Gasteiger partial charge in [-0.25, -0.2) is 9.59 Å². The van der Waals surface area contributed by atoms with Crippen LogP contribution in [-0.2, 0) is 33.9 Å². The largest absolute Gasteiger partial charge is 0.473 e. The topological polar surface area (TPSA) is 120 Å². The Labute approximate surface area is 156 Å². The zero-order chi connectivity index (χ0) is 19.6. The molecule has 8 nitrogen and oxygen atoms in total. The zero-order valence-electron chi connectivity index (χ0n) is 14.7. The van der Waals surface area contributed by atoms with Gasteiger partial charge in [-0.2, -0.15) is 0 Å². The molecular weight excluding hydrogens is 350 g/mol. The number of carbonyl (C=O) groups is 3. The summed E-state index contributed by atoms with van der Waals surface area (Å²) in [6.07, 6.45) is 4.48. The minimum atomic E-state index is -1.82. The van der Waals surface area contributed by atoms with Crippen molar-refractivity contribution in [1.82, 2.24) is 15.2 Å². The van der Waals surface area contributed by atoms with Gasteiger partial charge < -0.3 is 20.4 Å². The molecule has 0 saturated heterocycles. The Balaban J connectivity index is 0.000000380. The van der Waals surface area contributed by atoms with Crippen molar-refractivity contribution in [3.63, 3.8) is 0 Å². The smallest absolute Gasteiger partial charge is 0.414 e. The summed E-state index contributed by atoms with van der Waals surface area (Å²) in [5.74, 6) is -3.48. The SMILES string of the molecule is O=C(CNCc1ccncc1)N1CCc2ccccc2C1.O=C(O)C(=O)O. The summed E-state index contributed by atoms with van der Waals surface area (Å²) >= 11 is 0. The van der Waals surface area contributed by atoms with Crippen molar-refractivity contribution < 1.29 is 24.6 Å². The van der Waals surface area contributed by atoms with Crippen molar-refractivity contribution in [3.05, 3.63) is 65.5 Å². The number of carboxylic acid groups (broad SMARTS) is 2. The van der Waals surface area contributed by atoms with Crippen molar-refractivity contribution in [2.24, 2.45) is 0 Å². The molecule has 27 heavy (non-hydrogen) atoms. The Morgan fingerprint density at radius 1 is 1.00 bits per heavy atom. The van der Waals surface area contributed by atoms with E-state index in [9.17, 15) is 4.79 Å². The molecule has 142 valence electrons. The second-order valence-electron chi connectivity index (χ2n) is 5.90. The van der Waals surface area contributed by atoms with E-state index in [-0.39, 0.29) is 5.91 Å². The van der Waals surface area contributed by atoms with Crippen LogP contribution < -0.4 is 5.32 Å². The second kappa shape index (κ2) is 10.0. The fourth-order valence-electron chi connectivity index (χ4n) is 2.63. The number of aromatic nitrogens is 1. The van der Waals surface area contributed by atoms with Crippen molar-refractivity contribution >= 4 is 17.8 Å². The maximum absolute atomic E-state index is 12.2. The van der Waals surface area contributed by atoms with E-state index in [1.807, 2.05) is 23.1 Å². The van der Waals surface area contributed by atoms with Gasteiger partial charge in [-0.05, 0) is 35.2 Å². The van der Waals surface area contributed by atoms with Gasteiger partial charge in [0, 0.05) is 32.0 Å². The number of amides is 1. The molecule has 0 radical (unpaired) electrons. The minimum absolute atomic E-state index is 0.165. The van der Waals surface area contributed by atoms with Crippen LogP contribution in [0.1, 0.15) is 16.7 Å². The third-order valence-electron chi connectivity index (χ3n) is 4.02. The molecule has 0 unspecified atom stereocenters. The van der Waals surface area contributed by atoms with Crippen molar-refractivity contribution in [2.45, 2.75) is 19.5 Å². The van der Waals surface area contributed by atoms with Crippen LogP contribution in [0.15, 0.2) is 48.8 Å². The quantitative estimate of drug-likeness (QED) is 0.683. The van der Waals surface area contributed by atoms with E-state index < -0.39 is 11.9 Å². The number of rotatable bonds is 4. The van der Waals surface area contributed by atoms with E-state index in [4.69, 9.17) is 19.8 Å². The van der Waals surface area contributed by atoms with Gasteiger partial charge in [0.25, 0.3) is 0 Å². The van der Waals surface area contributed by atoms with Crippen molar-refractivity contribution in [3.8, 4) is 0 Å². The first-order chi connectivity index (χ1) is 13.0. The Kier molecular flexibility index (Phi) is 7.45. The van der Waals surface area contributed by atoms with Gasteiger partial charge in [0.05, 0.1) is 6.54 Å². The number of fused-ring (bicyclic) bond motifs is 1. The van der Waals surface area contributed by atoms with E-state index >= 15 is 0 Å². The van der Waals surface area contributed by atoms with Gasteiger partial charge in [-0.3, -0.25) is 9.78 Å². The summed E-state index contributed by atoms with van der Waals surface area (Å²) in [5.41, 5.74) is 3.78. The first kappa shape index (κ1) is 20.1. The predicted octanol–water partition coefficient (Wildman–Crippen LogP) is 0.912. The van der Waals surface area contributed by atoms with Crippen LogP contribution in [-0.4, -0.2) is 51.0 Å². The lowest BCUT2D eigenvalue weighted by molar-refractivity contribution is -0.159. The molecule has 8 heteroatoms. The van der Waals surface area contributed by atoms with E-state index in [0.717, 1.165) is 25.1 Å². The third-order valence-corrected chi connectivity index (χ3v) is 4.02. The summed E-state index contributed by atoms with van der Waals surface area (Å²) in [6.45, 7) is 2.61. The Morgan fingerprint density at radius 2 is 1.63 bits per heavy atom. The molecular formula is C19H21N3O5. The highest BCUT2D eigenvalue weighted by molar-refractivity contribution is 6.27. The highest BCUT2D eigenvalue weighted by Crippen LogP contribution is 2.18. The average molecular weight is 371 g/mol. The lowest BCUT2D eigenvalue weighted by Crippen LogP contribution is -2.41. The Hall–Kier alpha value is -3.26. The molecule has 1 aliphatic rings. The number of hydrogen-bond donors (Lipinski definition) is 3. The number of benzene rings is 1. The molecule has 2 heterocycles. The average Bonchev–Trinajstić information content (AvgIpc) is 2.68. The van der Waals surface area contributed by atoms with E-state index in [1.165, 1.54) is 11.1 Å². The lowest BCUT2D eigenvalue weighted by atomic mass is 10.00. The number of pyridine rings is 1. The fourth-order valence-corrected chi connectivity index (χ4v) is 2.63. The monoisotopic (exact) mass is 371 g/mol. The molecule has 0 aliphatic carbocycles. The van der Waals surface area contributed by atoms with E-state index in [2.05, 4.69) is 28.5 Å². The summed E-state index contributed by atoms with van der Waals surface area (Å²) in [5, 5.41) is 18.0. The van der Waals surface area contributed by atoms with Crippen LogP contribution in [0.4, 0.5) is 0 Å². The third kappa shape index (κ3) is 6.52. The summed E-state index contributed by atoms with van der Waals surface area (Å²) in [4.78, 5) is 36.4. The van der Waals surface area contributed by atoms with Crippen LogP contribution in [0, 0.1) is 0 Å². The molecule has 1 aromatic carbocycles. The molecule has 0 fully saturated rings. The molecule has 3 N–H and O–H groups in total. The van der Waals surface area contributed by atoms with Crippen LogP contribution in [0.2, 0.25) is 0 Å². The maximum atomic E-state index is 12.2. The molecule has 0 saturated carbocycles. The number of nitrogens with one attached hydrogen (secondary N) is 1. The summed E-state index contributed by atoms with van der Waals surface area (Å²) in [6, 6.07) is 12.3. The number of aliphatic carboxylic acids is 2. The first-order valence-electron chi connectivity index (χ1n) is 8.37. The van der Waals surface area contributed by atoms with Gasteiger partial charge >= 0.3 is 11.9 Å². The lowest BCUT2D eigenvalue weighted by Gasteiger charge is -2.29. The standard InChI is InChI=1S/C17H19N3O.C2H2O4/c21-17(12-19-11-14-5-8-18-9-6-14)20-10-7-15-3-1-2-4-16(15)13-20;3-1(4)2(5)6/h1-6,8-9,19H,7,10-13H2;(H,3,4)(H,5,6). The van der Waals surface area contributed by atoms with Gasteiger partial charge in [0.2, 0.25) is 5.91 Å². The number of hydrogen-bond acceptors (Lipinski definition) is 5. The maximum Gasteiger partial charge on any atom is 0.414 e. The molecule has 3 rings (SSSR count). The molecule has 0 atom stereocenters. The second-order valence-corrected chi connectivity index (χ2v) is 5.90. The fraction of sp³-hybridized carbons (Fsp3) is 0.263. The number of carbonyl (C=O) groups excluding carboxylic acids is 1. The van der Waals surface area contributed by atoms with E-state index in [1.54, 1.807) is 12.4 Å². The number of nitrogens with zero attached hydrogens (tertiary/aromatic N) is 2. The van der Waals surface area contributed by atoms with Crippen LogP contribution in [0.3, 0.4) is 0 Å². The molecule has 1 aromatic heterocycles. The molecule has 1 aliphatic heterocycles. The first-order valence-corrected chi connectivity index (χ1v) is 8.37. The Bertz CT molecular complexity index is 783. The van der Waals surface area contributed by atoms with Gasteiger partial charge in [-0.1, -0.05) is 24.3 Å². The zero-order valence-corrected chi connectivity index (χ0v) is 14.7. The number of carboxylic acids is 2. The molecule has 0 spiro atoms. The van der Waals surface area contributed by atoms with Crippen molar-refractivity contribution in [1.29, 1.82) is 0 Å². The van der Waals surface area contributed by atoms with Gasteiger partial charge in [0.1, 0.15) is 0 Å².